The number of hydrogen-bond acceptors (Lipinski definition) is 2. The van der Waals surface area contributed by atoms with Crippen molar-refractivity contribution >= 4 is 23.2 Å². The highest BCUT2D eigenvalue weighted by Crippen LogP contribution is 2.15. The first-order chi connectivity index (χ1) is 9.63. The van der Waals surface area contributed by atoms with Crippen LogP contribution in [-0.4, -0.2) is 11.0 Å². The molecule has 0 aliphatic rings. The summed E-state index contributed by atoms with van der Waals surface area (Å²) in [6.07, 6.45) is 2.09. The second-order valence-electron chi connectivity index (χ2n) is 4.58. The first-order valence-electron chi connectivity index (χ1n) is 6.47. The number of halogens is 1. The van der Waals surface area contributed by atoms with Crippen molar-refractivity contribution in [1.29, 1.82) is 0 Å². The molecule has 0 atom stereocenters. The fourth-order valence-corrected chi connectivity index (χ4v) is 2.00. The zero-order valence-corrected chi connectivity index (χ0v) is 11.7. The van der Waals surface area contributed by atoms with E-state index < -0.39 is 0 Å². The largest absolute Gasteiger partial charge is 0.508 e. The van der Waals surface area contributed by atoms with Crippen LogP contribution in [0.5, 0.6) is 5.75 Å². The van der Waals surface area contributed by atoms with Crippen LogP contribution in [-0.2, 0) is 11.2 Å². The van der Waals surface area contributed by atoms with E-state index in [9.17, 15) is 4.79 Å². The van der Waals surface area contributed by atoms with Gasteiger partial charge in [-0.15, -0.1) is 0 Å². The number of aryl methyl sites for hydroxylation is 1. The van der Waals surface area contributed by atoms with Crippen LogP contribution in [0.1, 0.15) is 18.4 Å². The van der Waals surface area contributed by atoms with Crippen LogP contribution in [0, 0.1) is 0 Å². The molecule has 0 bridgehead atoms. The molecule has 0 aromatic heterocycles. The topological polar surface area (TPSA) is 49.3 Å². The Labute approximate surface area is 123 Å². The smallest absolute Gasteiger partial charge is 0.224 e. The highest BCUT2D eigenvalue weighted by Gasteiger charge is 2.03. The minimum absolute atomic E-state index is 0.0235. The molecule has 0 aliphatic carbocycles. The van der Waals surface area contributed by atoms with Crippen molar-refractivity contribution in [3.05, 3.63) is 59.1 Å². The quantitative estimate of drug-likeness (QED) is 0.817. The molecule has 0 aliphatic heterocycles. The van der Waals surface area contributed by atoms with Gasteiger partial charge in [-0.2, -0.15) is 0 Å². The summed E-state index contributed by atoms with van der Waals surface area (Å²) in [5.41, 5.74) is 1.87. The third-order valence-electron chi connectivity index (χ3n) is 2.93. The van der Waals surface area contributed by atoms with Gasteiger partial charge in [-0.3, -0.25) is 4.79 Å². The summed E-state index contributed by atoms with van der Waals surface area (Å²) in [5, 5.41) is 12.7. The van der Waals surface area contributed by atoms with E-state index in [1.54, 1.807) is 24.3 Å². The minimum Gasteiger partial charge on any atom is -0.508 e. The third kappa shape index (κ3) is 4.59. The van der Waals surface area contributed by atoms with E-state index in [0.29, 0.717) is 12.1 Å². The van der Waals surface area contributed by atoms with Crippen LogP contribution in [0.4, 0.5) is 5.69 Å². The number of carbonyl (C=O) groups excluding carboxylic acids is 1. The van der Waals surface area contributed by atoms with Crippen molar-refractivity contribution in [2.75, 3.05) is 5.32 Å². The van der Waals surface area contributed by atoms with Crippen LogP contribution < -0.4 is 5.32 Å². The number of nitrogens with one attached hydrogen (secondary N) is 1. The molecule has 104 valence electrons. The van der Waals surface area contributed by atoms with Crippen molar-refractivity contribution in [2.24, 2.45) is 0 Å². The Kier molecular flexibility index (Phi) is 5.02. The van der Waals surface area contributed by atoms with E-state index in [-0.39, 0.29) is 11.7 Å². The van der Waals surface area contributed by atoms with Gasteiger partial charge in [0.25, 0.3) is 0 Å². The van der Waals surface area contributed by atoms with Gasteiger partial charge in [0.15, 0.2) is 0 Å². The minimum atomic E-state index is -0.0235. The standard InChI is InChI=1S/C16H16ClNO2/c17-13-6-4-12(5-7-13)2-1-3-16(20)18-14-8-10-15(19)11-9-14/h4-11,19H,1-3H2,(H,18,20). The lowest BCUT2D eigenvalue weighted by molar-refractivity contribution is -0.116. The molecule has 1 amide bonds. The number of carbonyl (C=O) groups is 1. The lowest BCUT2D eigenvalue weighted by Crippen LogP contribution is -2.11. The van der Waals surface area contributed by atoms with Crippen molar-refractivity contribution < 1.29 is 9.90 Å². The number of benzene rings is 2. The van der Waals surface area contributed by atoms with Crippen LogP contribution in [0.15, 0.2) is 48.5 Å². The predicted octanol–water partition coefficient (Wildman–Crippen LogP) is 4.01. The average Bonchev–Trinajstić information content (AvgIpc) is 2.44. The molecule has 3 nitrogen and oxygen atoms in total. The number of aromatic hydroxyl groups is 1. The van der Waals surface area contributed by atoms with Gasteiger partial charge in [0.1, 0.15) is 5.75 Å². The number of rotatable bonds is 5. The SMILES string of the molecule is O=C(CCCc1ccc(Cl)cc1)Nc1ccc(O)cc1. The summed E-state index contributed by atoms with van der Waals surface area (Å²) in [7, 11) is 0. The maximum absolute atomic E-state index is 11.7. The number of hydrogen-bond donors (Lipinski definition) is 2. The highest BCUT2D eigenvalue weighted by molar-refractivity contribution is 6.30. The predicted molar refractivity (Wildman–Crippen MR) is 81.1 cm³/mol. The van der Waals surface area contributed by atoms with Gasteiger partial charge in [-0.1, -0.05) is 23.7 Å². The van der Waals surface area contributed by atoms with E-state index in [4.69, 9.17) is 16.7 Å². The summed E-state index contributed by atoms with van der Waals surface area (Å²) in [4.78, 5) is 11.7. The second-order valence-corrected chi connectivity index (χ2v) is 5.01. The first-order valence-corrected chi connectivity index (χ1v) is 6.84. The van der Waals surface area contributed by atoms with Gasteiger partial charge in [-0.25, -0.2) is 0 Å². The summed E-state index contributed by atoms with van der Waals surface area (Å²) in [5.74, 6) is 0.162. The first kappa shape index (κ1) is 14.4. The van der Waals surface area contributed by atoms with E-state index in [1.807, 2.05) is 24.3 Å². The van der Waals surface area contributed by atoms with Crippen LogP contribution in [0.2, 0.25) is 5.02 Å². The van der Waals surface area contributed by atoms with Gasteiger partial charge in [0.2, 0.25) is 5.91 Å². The Hall–Kier alpha value is -2.00. The molecular weight excluding hydrogens is 274 g/mol. The Morgan fingerprint density at radius 1 is 1.05 bits per heavy atom. The maximum Gasteiger partial charge on any atom is 0.224 e. The van der Waals surface area contributed by atoms with Crippen LogP contribution >= 0.6 is 11.6 Å². The molecular formula is C16H16ClNO2. The Morgan fingerprint density at radius 3 is 2.35 bits per heavy atom. The van der Waals surface area contributed by atoms with E-state index in [1.165, 1.54) is 5.56 Å². The Morgan fingerprint density at radius 2 is 1.70 bits per heavy atom. The molecule has 2 aromatic rings. The molecule has 0 saturated carbocycles. The van der Waals surface area contributed by atoms with Crippen LogP contribution in [0.25, 0.3) is 0 Å². The van der Waals surface area contributed by atoms with E-state index in [0.717, 1.165) is 17.9 Å². The molecule has 0 radical (unpaired) electrons. The molecule has 20 heavy (non-hydrogen) atoms. The number of amides is 1. The van der Waals surface area contributed by atoms with E-state index in [2.05, 4.69) is 5.32 Å². The fraction of sp³-hybridized carbons (Fsp3) is 0.188. The normalized spacial score (nSPS) is 10.2. The third-order valence-corrected chi connectivity index (χ3v) is 3.19. The molecule has 2 rings (SSSR count). The van der Waals surface area contributed by atoms with Gasteiger partial charge in [-0.05, 0) is 54.8 Å². The van der Waals surface area contributed by atoms with Crippen molar-refractivity contribution in [2.45, 2.75) is 19.3 Å². The van der Waals surface area contributed by atoms with Gasteiger partial charge in [0, 0.05) is 17.1 Å². The van der Waals surface area contributed by atoms with Gasteiger partial charge < -0.3 is 10.4 Å². The zero-order valence-electron chi connectivity index (χ0n) is 11.0. The fourth-order valence-electron chi connectivity index (χ4n) is 1.87. The average molecular weight is 290 g/mol. The van der Waals surface area contributed by atoms with Crippen LogP contribution in [0.3, 0.4) is 0 Å². The number of phenolic OH excluding ortho intramolecular Hbond substituents is 1. The summed E-state index contributed by atoms with van der Waals surface area (Å²) in [6, 6.07) is 14.1. The molecule has 0 heterocycles. The number of anilines is 1. The summed E-state index contributed by atoms with van der Waals surface area (Å²) in [6.45, 7) is 0. The van der Waals surface area contributed by atoms with Crippen molar-refractivity contribution in [3.8, 4) is 5.75 Å². The molecule has 0 saturated heterocycles. The maximum atomic E-state index is 11.7. The monoisotopic (exact) mass is 289 g/mol. The lowest BCUT2D eigenvalue weighted by atomic mass is 10.1. The van der Waals surface area contributed by atoms with Gasteiger partial charge >= 0.3 is 0 Å². The molecule has 0 unspecified atom stereocenters. The van der Waals surface area contributed by atoms with E-state index >= 15 is 0 Å². The molecule has 2 aromatic carbocycles. The second kappa shape index (κ2) is 6.96. The molecule has 0 spiro atoms. The molecule has 4 heteroatoms. The molecule has 0 fully saturated rings. The summed E-state index contributed by atoms with van der Waals surface area (Å²) < 4.78 is 0. The Bertz CT molecular complexity index is 564. The zero-order chi connectivity index (χ0) is 14.4. The number of phenols is 1. The van der Waals surface area contributed by atoms with Crippen molar-refractivity contribution in [3.63, 3.8) is 0 Å². The lowest BCUT2D eigenvalue weighted by Gasteiger charge is -2.05. The molecule has 2 N–H and O–H groups in total. The van der Waals surface area contributed by atoms with Crippen molar-refractivity contribution in [1.82, 2.24) is 0 Å². The summed E-state index contributed by atoms with van der Waals surface area (Å²) >= 11 is 5.82. The Balaban J connectivity index is 1.75. The highest BCUT2D eigenvalue weighted by atomic mass is 35.5. The van der Waals surface area contributed by atoms with Gasteiger partial charge in [0.05, 0.1) is 0 Å².